The highest BCUT2D eigenvalue weighted by Crippen LogP contribution is 2.21. The maximum absolute atomic E-state index is 10.7. The van der Waals surface area contributed by atoms with E-state index in [1.165, 1.54) is 0 Å². The predicted octanol–water partition coefficient (Wildman–Crippen LogP) is 0.0166. The number of carbonyl (C=O) groups is 1. The minimum atomic E-state index is -1.16. The van der Waals surface area contributed by atoms with Gasteiger partial charge in [-0.25, -0.2) is 0 Å². The standard InChI is InChI=1S/C12H22N4O2/c1-5-16-9(4)11(8(3)15-16)7(2)14-6-10(17)12(13)18/h7,10,14,17H,5-6H2,1-4H3,(H2,13,18). The van der Waals surface area contributed by atoms with Crippen molar-refractivity contribution in [2.24, 2.45) is 5.73 Å². The minimum Gasteiger partial charge on any atom is -0.382 e. The topological polar surface area (TPSA) is 93.2 Å². The Morgan fingerprint density at radius 2 is 2.17 bits per heavy atom. The van der Waals surface area contributed by atoms with Crippen molar-refractivity contribution in [2.75, 3.05) is 6.54 Å². The fourth-order valence-electron chi connectivity index (χ4n) is 2.14. The van der Waals surface area contributed by atoms with Crippen LogP contribution >= 0.6 is 0 Å². The Morgan fingerprint density at radius 3 is 2.61 bits per heavy atom. The fraction of sp³-hybridized carbons (Fsp3) is 0.667. The van der Waals surface area contributed by atoms with Crippen LogP contribution in [0.3, 0.4) is 0 Å². The van der Waals surface area contributed by atoms with E-state index in [0.29, 0.717) is 0 Å². The predicted molar refractivity (Wildman–Crippen MR) is 69.0 cm³/mol. The number of rotatable bonds is 6. The molecule has 0 spiro atoms. The van der Waals surface area contributed by atoms with Crippen molar-refractivity contribution in [3.8, 4) is 0 Å². The van der Waals surface area contributed by atoms with Gasteiger partial charge in [-0.2, -0.15) is 5.10 Å². The lowest BCUT2D eigenvalue weighted by Crippen LogP contribution is -2.38. The zero-order chi connectivity index (χ0) is 13.9. The SMILES string of the molecule is CCn1nc(C)c(C(C)NCC(O)C(N)=O)c1C. The molecule has 1 aromatic heterocycles. The summed E-state index contributed by atoms with van der Waals surface area (Å²) in [7, 11) is 0. The molecule has 1 heterocycles. The second kappa shape index (κ2) is 5.97. The molecular formula is C12H22N4O2. The number of hydrogen-bond donors (Lipinski definition) is 3. The molecule has 1 amide bonds. The number of aromatic nitrogens is 2. The maximum Gasteiger partial charge on any atom is 0.247 e. The Bertz CT molecular complexity index is 428. The van der Waals surface area contributed by atoms with Crippen molar-refractivity contribution >= 4 is 5.91 Å². The van der Waals surface area contributed by atoms with Crippen LogP contribution in [0.1, 0.15) is 36.8 Å². The van der Waals surface area contributed by atoms with Gasteiger partial charge in [0.05, 0.1) is 5.69 Å². The third kappa shape index (κ3) is 3.08. The highest BCUT2D eigenvalue weighted by atomic mass is 16.3. The van der Waals surface area contributed by atoms with Crippen molar-refractivity contribution in [2.45, 2.75) is 46.4 Å². The lowest BCUT2D eigenvalue weighted by Gasteiger charge is -2.16. The normalized spacial score (nSPS) is 14.5. The molecule has 0 bridgehead atoms. The first-order valence-electron chi connectivity index (χ1n) is 6.13. The molecule has 6 nitrogen and oxygen atoms in total. The summed E-state index contributed by atoms with van der Waals surface area (Å²) < 4.78 is 1.94. The number of nitrogens with two attached hydrogens (primary N) is 1. The summed E-state index contributed by atoms with van der Waals surface area (Å²) in [6, 6.07) is 0.0132. The van der Waals surface area contributed by atoms with Crippen molar-refractivity contribution < 1.29 is 9.90 Å². The van der Waals surface area contributed by atoms with E-state index in [9.17, 15) is 9.90 Å². The molecule has 6 heteroatoms. The molecular weight excluding hydrogens is 232 g/mol. The number of primary amides is 1. The van der Waals surface area contributed by atoms with Crippen LogP contribution < -0.4 is 11.1 Å². The van der Waals surface area contributed by atoms with Gasteiger partial charge in [-0.1, -0.05) is 0 Å². The molecule has 102 valence electrons. The van der Waals surface area contributed by atoms with Crippen LogP contribution in [0.4, 0.5) is 0 Å². The Hall–Kier alpha value is -1.40. The second-order valence-corrected chi connectivity index (χ2v) is 4.45. The van der Waals surface area contributed by atoms with Gasteiger partial charge in [-0.05, 0) is 27.7 Å². The van der Waals surface area contributed by atoms with Gasteiger partial charge in [-0.3, -0.25) is 9.48 Å². The largest absolute Gasteiger partial charge is 0.382 e. The Balaban J connectivity index is 2.75. The molecule has 4 N–H and O–H groups in total. The Morgan fingerprint density at radius 1 is 1.56 bits per heavy atom. The van der Waals surface area contributed by atoms with Crippen LogP contribution in [0.5, 0.6) is 0 Å². The van der Waals surface area contributed by atoms with Gasteiger partial charge in [0.1, 0.15) is 6.10 Å². The molecule has 0 aliphatic heterocycles. The smallest absolute Gasteiger partial charge is 0.247 e. The first-order chi connectivity index (χ1) is 8.38. The molecule has 0 saturated carbocycles. The first-order valence-corrected chi connectivity index (χ1v) is 6.13. The van der Waals surface area contributed by atoms with Crippen LogP contribution in [0.25, 0.3) is 0 Å². The van der Waals surface area contributed by atoms with Crippen LogP contribution in [0.15, 0.2) is 0 Å². The molecule has 0 aliphatic rings. The van der Waals surface area contributed by atoms with E-state index in [1.807, 2.05) is 32.4 Å². The van der Waals surface area contributed by atoms with Crippen LogP contribution in [0, 0.1) is 13.8 Å². The molecule has 0 aromatic carbocycles. The molecule has 2 unspecified atom stereocenters. The van der Waals surface area contributed by atoms with E-state index in [-0.39, 0.29) is 12.6 Å². The number of hydrogen-bond acceptors (Lipinski definition) is 4. The van der Waals surface area contributed by atoms with Crippen LogP contribution in [0.2, 0.25) is 0 Å². The van der Waals surface area contributed by atoms with E-state index in [4.69, 9.17) is 5.73 Å². The number of nitrogens with zero attached hydrogens (tertiary/aromatic N) is 2. The first kappa shape index (κ1) is 14.7. The zero-order valence-electron chi connectivity index (χ0n) is 11.4. The average Bonchev–Trinajstić information content (AvgIpc) is 2.60. The monoisotopic (exact) mass is 254 g/mol. The summed E-state index contributed by atoms with van der Waals surface area (Å²) in [4.78, 5) is 10.7. The highest BCUT2D eigenvalue weighted by Gasteiger charge is 2.18. The Labute approximate surface area is 107 Å². The Kier molecular flexibility index (Phi) is 4.86. The second-order valence-electron chi connectivity index (χ2n) is 4.45. The number of carbonyl (C=O) groups excluding carboxylic acids is 1. The summed E-state index contributed by atoms with van der Waals surface area (Å²) in [6.45, 7) is 8.96. The molecule has 0 aliphatic carbocycles. The van der Waals surface area contributed by atoms with Crippen LogP contribution in [-0.2, 0) is 11.3 Å². The number of nitrogens with one attached hydrogen (secondary N) is 1. The molecule has 0 radical (unpaired) electrons. The third-order valence-corrected chi connectivity index (χ3v) is 3.12. The molecule has 0 fully saturated rings. The van der Waals surface area contributed by atoms with Crippen molar-refractivity contribution in [3.63, 3.8) is 0 Å². The lowest BCUT2D eigenvalue weighted by atomic mass is 10.1. The van der Waals surface area contributed by atoms with Gasteiger partial charge in [0, 0.05) is 30.4 Å². The summed E-state index contributed by atoms with van der Waals surface area (Å²) in [5.41, 5.74) is 8.17. The molecule has 1 aromatic rings. The summed E-state index contributed by atoms with van der Waals surface area (Å²) in [6.07, 6.45) is -1.16. The minimum absolute atomic E-state index is 0.0132. The quantitative estimate of drug-likeness (QED) is 0.667. The highest BCUT2D eigenvalue weighted by molar-refractivity contribution is 5.78. The van der Waals surface area contributed by atoms with Gasteiger partial charge in [0.2, 0.25) is 5.91 Å². The van der Waals surface area contributed by atoms with Crippen molar-refractivity contribution in [1.82, 2.24) is 15.1 Å². The molecule has 18 heavy (non-hydrogen) atoms. The van der Waals surface area contributed by atoms with E-state index in [2.05, 4.69) is 10.4 Å². The zero-order valence-corrected chi connectivity index (χ0v) is 11.4. The molecule has 1 rings (SSSR count). The summed E-state index contributed by atoms with van der Waals surface area (Å²) >= 11 is 0. The van der Waals surface area contributed by atoms with Gasteiger partial charge in [-0.15, -0.1) is 0 Å². The van der Waals surface area contributed by atoms with E-state index < -0.39 is 12.0 Å². The maximum atomic E-state index is 10.7. The van der Waals surface area contributed by atoms with E-state index in [0.717, 1.165) is 23.5 Å². The fourth-order valence-corrected chi connectivity index (χ4v) is 2.14. The van der Waals surface area contributed by atoms with Gasteiger partial charge >= 0.3 is 0 Å². The van der Waals surface area contributed by atoms with Crippen molar-refractivity contribution in [1.29, 1.82) is 0 Å². The number of aliphatic hydroxyl groups is 1. The molecule has 0 saturated heterocycles. The summed E-state index contributed by atoms with van der Waals surface area (Å²) in [5.74, 6) is -0.715. The van der Waals surface area contributed by atoms with Gasteiger partial charge in [0.25, 0.3) is 0 Å². The number of amides is 1. The van der Waals surface area contributed by atoms with E-state index in [1.54, 1.807) is 0 Å². The number of aryl methyl sites for hydroxylation is 2. The van der Waals surface area contributed by atoms with Crippen LogP contribution in [-0.4, -0.2) is 33.4 Å². The third-order valence-electron chi connectivity index (χ3n) is 3.12. The average molecular weight is 254 g/mol. The molecule has 2 atom stereocenters. The van der Waals surface area contributed by atoms with Gasteiger partial charge in [0.15, 0.2) is 0 Å². The van der Waals surface area contributed by atoms with Crippen molar-refractivity contribution in [3.05, 3.63) is 17.0 Å². The van der Waals surface area contributed by atoms with Gasteiger partial charge < -0.3 is 16.2 Å². The summed E-state index contributed by atoms with van der Waals surface area (Å²) in [5, 5.41) is 16.9. The number of aliphatic hydroxyl groups excluding tert-OH is 1. The lowest BCUT2D eigenvalue weighted by molar-refractivity contribution is -0.125. The van der Waals surface area contributed by atoms with E-state index >= 15 is 0 Å².